The molecule has 7 heteroatoms. The van der Waals surface area contributed by atoms with Gasteiger partial charge in [0.15, 0.2) is 5.69 Å². The van der Waals surface area contributed by atoms with Crippen molar-refractivity contribution >= 4 is 17.9 Å². The minimum Gasteiger partial charge on any atom is -0.481 e. The van der Waals surface area contributed by atoms with Crippen molar-refractivity contribution in [2.75, 3.05) is 25.1 Å². The molecule has 0 bridgehead atoms. The van der Waals surface area contributed by atoms with Gasteiger partial charge in [-0.25, -0.2) is 14.8 Å². The summed E-state index contributed by atoms with van der Waals surface area (Å²) in [6.45, 7) is 1.14. The number of hydrogen-bond acceptors (Lipinski definition) is 6. The molecule has 1 N–H and O–H groups in total. The van der Waals surface area contributed by atoms with Crippen molar-refractivity contribution in [3.05, 3.63) is 18.0 Å². The number of anilines is 1. The van der Waals surface area contributed by atoms with Crippen molar-refractivity contribution < 1.29 is 19.4 Å². The van der Waals surface area contributed by atoms with Crippen molar-refractivity contribution in [3.63, 3.8) is 0 Å². The van der Waals surface area contributed by atoms with Crippen molar-refractivity contribution in [2.24, 2.45) is 5.92 Å². The van der Waals surface area contributed by atoms with Crippen LogP contribution in [-0.2, 0) is 9.53 Å². The van der Waals surface area contributed by atoms with Gasteiger partial charge in [-0.3, -0.25) is 4.79 Å². The van der Waals surface area contributed by atoms with Crippen LogP contribution in [0, 0.1) is 5.92 Å². The Labute approximate surface area is 110 Å². The highest BCUT2D eigenvalue weighted by Crippen LogP contribution is 2.20. The number of esters is 1. The molecule has 1 aliphatic rings. The Morgan fingerprint density at radius 3 is 2.68 bits per heavy atom. The maximum atomic E-state index is 11.4. The Balaban J connectivity index is 2.07. The SMILES string of the molecule is COC(=O)c1ccnc(N2CCC(C(=O)O)CC2)n1. The van der Waals surface area contributed by atoms with Crippen LogP contribution >= 0.6 is 0 Å². The van der Waals surface area contributed by atoms with E-state index in [4.69, 9.17) is 5.11 Å². The molecule has 2 heterocycles. The van der Waals surface area contributed by atoms with E-state index in [1.165, 1.54) is 19.4 Å². The van der Waals surface area contributed by atoms with Gasteiger partial charge >= 0.3 is 11.9 Å². The third-order valence-electron chi connectivity index (χ3n) is 3.16. The van der Waals surface area contributed by atoms with Crippen LogP contribution in [0.15, 0.2) is 12.3 Å². The summed E-state index contributed by atoms with van der Waals surface area (Å²) in [5, 5.41) is 8.93. The Morgan fingerprint density at radius 1 is 1.42 bits per heavy atom. The molecule has 1 aromatic heterocycles. The summed E-state index contributed by atoms with van der Waals surface area (Å²) in [6, 6.07) is 1.49. The van der Waals surface area contributed by atoms with E-state index >= 15 is 0 Å². The predicted molar refractivity (Wildman–Crippen MR) is 65.9 cm³/mol. The zero-order chi connectivity index (χ0) is 13.8. The first-order chi connectivity index (χ1) is 9.11. The van der Waals surface area contributed by atoms with Gasteiger partial charge in [-0.15, -0.1) is 0 Å². The van der Waals surface area contributed by atoms with Gasteiger partial charge in [0.1, 0.15) is 0 Å². The maximum Gasteiger partial charge on any atom is 0.356 e. The van der Waals surface area contributed by atoms with Crippen LogP contribution in [-0.4, -0.2) is 47.2 Å². The summed E-state index contributed by atoms with van der Waals surface area (Å²) < 4.78 is 4.60. The van der Waals surface area contributed by atoms with Crippen LogP contribution in [0.4, 0.5) is 5.95 Å². The number of hydrogen-bond donors (Lipinski definition) is 1. The van der Waals surface area contributed by atoms with E-state index in [0.29, 0.717) is 31.9 Å². The van der Waals surface area contributed by atoms with E-state index in [2.05, 4.69) is 14.7 Å². The summed E-state index contributed by atoms with van der Waals surface area (Å²) in [4.78, 5) is 32.4. The Kier molecular flexibility index (Phi) is 3.94. The molecule has 102 valence electrons. The number of piperidine rings is 1. The number of methoxy groups -OCH3 is 1. The smallest absolute Gasteiger partial charge is 0.356 e. The fourth-order valence-electron chi connectivity index (χ4n) is 2.05. The van der Waals surface area contributed by atoms with Gasteiger partial charge in [-0.05, 0) is 18.9 Å². The molecule has 1 fully saturated rings. The number of aromatic nitrogens is 2. The summed E-state index contributed by atoms with van der Waals surface area (Å²) in [7, 11) is 1.29. The van der Waals surface area contributed by atoms with Crippen molar-refractivity contribution in [1.29, 1.82) is 0 Å². The summed E-state index contributed by atoms with van der Waals surface area (Å²) in [5.41, 5.74) is 0.202. The van der Waals surface area contributed by atoms with Gasteiger partial charge in [0.05, 0.1) is 13.0 Å². The highest BCUT2D eigenvalue weighted by Gasteiger charge is 2.26. The largest absolute Gasteiger partial charge is 0.481 e. The van der Waals surface area contributed by atoms with Gasteiger partial charge in [-0.2, -0.15) is 0 Å². The molecule has 19 heavy (non-hydrogen) atoms. The number of carbonyl (C=O) groups is 2. The maximum absolute atomic E-state index is 11.4. The van der Waals surface area contributed by atoms with Crippen LogP contribution in [0.2, 0.25) is 0 Å². The van der Waals surface area contributed by atoms with Gasteiger partial charge in [0.2, 0.25) is 5.95 Å². The zero-order valence-electron chi connectivity index (χ0n) is 10.6. The second-order valence-corrected chi connectivity index (χ2v) is 4.33. The number of nitrogens with zero attached hydrogens (tertiary/aromatic N) is 3. The van der Waals surface area contributed by atoms with E-state index in [0.717, 1.165) is 0 Å². The topological polar surface area (TPSA) is 92.6 Å². The summed E-state index contributed by atoms with van der Waals surface area (Å²) >= 11 is 0. The Hall–Kier alpha value is -2.18. The molecule has 0 radical (unpaired) electrons. The first-order valence-corrected chi connectivity index (χ1v) is 6.01. The van der Waals surface area contributed by atoms with Gasteiger partial charge in [0.25, 0.3) is 0 Å². The van der Waals surface area contributed by atoms with Crippen LogP contribution in [0.3, 0.4) is 0 Å². The van der Waals surface area contributed by atoms with Gasteiger partial charge in [-0.1, -0.05) is 0 Å². The number of ether oxygens (including phenoxy) is 1. The molecule has 7 nitrogen and oxygen atoms in total. The molecule has 0 atom stereocenters. The second-order valence-electron chi connectivity index (χ2n) is 4.33. The first kappa shape index (κ1) is 13.3. The molecule has 0 aliphatic carbocycles. The van der Waals surface area contributed by atoms with E-state index in [9.17, 15) is 9.59 Å². The van der Waals surface area contributed by atoms with Crippen LogP contribution in [0.25, 0.3) is 0 Å². The number of carbonyl (C=O) groups excluding carboxylic acids is 1. The molecule has 0 unspecified atom stereocenters. The van der Waals surface area contributed by atoms with Crippen LogP contribution in [0.1, 0.15) is 23.3 Å². The molecular formula is C12H15N3O4. The fourth-order valence-corrected chi connectivity index (χ4v) is 2.05. The second kappa shape index (κ2) is 5.64. The van der Waals surface area contributed by atoms with Crippen molar-refractivity contribution in [1.82, 2.24) is 9.97 Å². The van der Waals surface area contributed by atoms with Crippen molar-refractivity contribution in [2.45, 2.75) is 12.8 Å². The lowest BCUT2D eigenvalue weighted by molar-refractivity contribution is -0.142. The molecule has 0 saturated carbocycles. The Morgan fingerprint density at radius 2 is 2.11 bits per heavy atom. The highest BCUT2D eigenvalue weighted by molar-refractivity contribution is 5.87. The lowest BCUT2D eigenvalue weighted by Crippen LogP contribution is -2.37. The highest BCUT2D eigenvalue weighted by atomic mass is 16.5. The monoisotopic (exact) mass is 265 g/mol. The number of aliphatic carboxylic acids is 1. The number of carboxylic acid groups (broad SMARTS) is 1. The minimum absolute atomic E-state index is 0.202. The normalized spacial score (nSPS) is 16.2. The zero-order valence-corrected chi connectivity index (χ0v) is 10.6. The molecule has 1 saturated heterocycles. The average Bonchev–Trinajstić information content (AvgIpc) is 2.46. The molecule has 1 aromatic rings. The minimum atomic E-state index is -0.760. The molecule has 0 spiro atoms. The van der Waals surface area contributed by atoms with E-state index in [1.807, 2.05) is 4.90 Å². The molecule has 1 aliphatic heterocycles. The third kappa shape index (κ3) is 2.98. The summed E-state index contributed by atoms with van der Waals surface area (Å²) in [6.07, 6.45) is 2.61. The molecule has 2 rings (SSSR count). The van der Waals surface area contributed by atoms with Crippen LogP contribution in [0.5, 0.6) is 0 Å². The molecular weight excluding hydrogens is 250 g/mol. The first-order valence-electron chi connectivity index (χ1n) is 6.01. The lowest BCUT2D eigenvalue weighted by atomic mass is 9.97. The molecule has 0 aromatic carbocycles. The van der Waals surface area contributed by atoms with Gasteiger partial charge in [0, 0.05) is 19.3 Å². The predicted octanol–water partition coefficient (Wildman–Crippen LogP) is 0.564. The molecule has 0 amide bonds. The van der Waals surface area contributed by atoms with E-state index in [1.54, 1.807) is 0 Å². The fraction of sp³-hybridized carbons (Fsp3) is 0.500. The summed E-state index contributed by atoms with van der Waals surface area (Å²) in [5.74, 6) is -1.14. The number of rotatable bonds is 3. The lowest BCUT2D eigenvalue weighted by Gasteiger charge is -2.30. The van der Waals surface area contributed by atoms with Gasteiger partial charge < -0.3 is 14.7 Å². The third-order valence-corrected chi connectivity index (χ3v) is 3.16. The standard InChI is InChI=1S/C12H15N3O4/c1-19-11(18)9-2-5-13-12(14-9)15-6-3-8(4-7-15)10(16)17/h2,5,8H,3-4,6-7H2,1H3,(H,16,17). The van der Waals surface area contributed by atoms with E-state index < -0.39 is 11.9 Å². The van der Waals surface area contributed by atoms with Crippen LogP contribution < -0.4 is 4.90 Å². The van der Waals surface area contributed by atoms with Crippen molar-refractivity contribution in [3.8, 4) is 0 Å². The Bertz CT molecular complexity index is 484. The number of carboxylic acids is 1. The quantitative estimate of drug-likeness (QED) is 0.798. The van der Waals surface area contributed by atoms with E-state index in [-0.39, 0.29) is 11.6 Å². The average molecular weight is 265 g/mol.